The first-order valence-corrected chi connectivity index (χ1v) is 11.3. The molecule has 0 bridgehead atoms. The second-order valence-electron chi connectivity index (χ2n) is 7.44. The molecule has 4 rings (SSSR count). The number of methoxy groups -OCH3 is 1. The van der Waals surface area contributed by atoms with Gasteiger partial charge < -0.3 is 14.6 Å². The largest absolute Gasteiger partial charge is 0.494 e. The quantitative estimate of drug-likeness (QED) is 0.322. The fourth-order valence-electron chi connectivity index (χ4n) is 3.67. The monoisotopic (exact) mass is 457 g/mol. The Morgan fingerprint density at radius 3 is 2.73 bits per heavy atom. The van der Waals surface area contributed by atoms with Gasteiger partial charge in [0.2, 0.25) is 0 Å². The number of hydrogen-bond acceptors (Lipinski definition) is 5. The van der Waals surface area contributed by atoms with Crippen LogP contribution in [-0.4, -0.2) is 23.2 Å². The van der Waals surface area contributed by atoms with Crippen molar-refractivity contribution >= 4 is 27.4 Å². The molecule has 0 saturated carbocycles. The van der Waals surface area contributed by atoms with Crippen LogP contribution in [0.3, 0.4) is 0 Å². The van der Waals surface area contributed by atoms with Crippen molar-refractivity contribution < 1.29 is 19.4 Å². The van der Waals surface area contributed by atoms with E-state index in [-0.39, 0.29) is 12.3 Å². The first-order chi connectivity index (χ1) is 16.1. The molecule has 1 unspecified atom stereocenters. The van der Waals surface area contributed by atoms with Crippen LogP contribution >= 0.6 is 11.3 Å². The summed E-state index contributed by atoms with van der Waals surface area (Å²) in [5.74, 6) is 6.04. The Balaban J connectivity index is 1.52. The highest BCUT2D eigenvalue weighted by Gasteiger charge is 2.14. The van der Waals surface area contributed by atoms with E-state index in [9.17, 15) is 4.79 Å². The maximum atomic E-state index is 11.1. The average Bonchev–Trinajstić information content (AvgIpc) is 3.25. The third kappa shape index (κ3) is 5.16. The Hall–Kier alpha value is -3.82. The molecule has 0 radical (unpaired) electrons. The van der Waals surface area contributed by atoms with Crippen LogP contribution in [0.4, 0.5) is 0 Å². The molecule has 0 aliphatic carbocycles. The number of aliphatic carboxylic acids is 1. The zero-order valence-electron chi connectivity index (χ0n) is 18.4. The van der Waals surface area contributed by atoms with Gasteiger partial charge in [-0.05, 0) is 54.4 Å². The standard InChI is InChI=1S/C27H23NO4S/c1-3-5-20(15-26(29)30)19-8-10-21(11-9-19)32-16-18-7-12-25-22(14-18)23(17-33-25)27-24(31-2)6-4-13-28-27/h4,6-14,17,20H,15-16H2,1-2H3,(H,29,30). The van der Waals surface area contributed by atoms with E-state index in [2.05, 4.69) is 40.4 Å². The number of benzene rings is 2. The number of carboxylic acids is 1. The van der Waals surface area contributed by atoms with Gasteiger partial charge in [-0.25, -0.2) is 0 Å². The van der Waals surface area contributed by atoms with Crippen LogP contribution in [0.1, 0.15) is 30.4 Å². The van der Waals surface area contributed by atoms with Crippen LogP contribution in [0.5, 0.6) is 11.5 Å². The van der Waals surface area contributed by atoms with E-state index in [4.69, 9.17) is 14.6 Å². The molecule has 166 valence electrons. The van der Waals surface area contributed by atoms with Crippen LogP contribution in [0.25, 0.3) is 21.3 Å². The molecule has 0 fully saturated rings. The van der Waals surface area contributed by atoms with Gasteiger partial charge >= 0.3 is 5.97 Å². The maximum Gasteiger partial charge on any atom is 0.304 e. The lowest BCUT2D eigenvalue weighted by atomic mass is 9.96. The summed E-state index contributed by atoms with van der Waals surface area (Å²) in [5.41, 5.74) is 3.78. The number of pyridine rings is 1. The number of carbonyl (C=O) groups is 1. The van der Waals surface area contributed by atoms with Crippen LogP contribution in [0.15, 0.2) is 66.2 Å². The van der Waals surface area contributed by atoms with Gasteiger partial charge in [-0.15, -0.1) is 17.3 Å². The van der Waals surface area contributed by atoms with Crippen LogP contribution in [0.2, 0.25) is 0 Å². The molecule has 2 heterocycles. The number of ether oxygens (including phenoxy) is 2. The molecule has 33 heavy (non-hydrogen) atoms. The van der Waals surface area contributed by atoms with Crippen molar-refractivity contribution in [1.29, 1.82) is 0 Å². The molecule has 1 atom stereocenters. The summed E-state index contributed by atoms with van der Waals surface area (Å²) < 4.78 is 12.7. The summed E-state index contributed by atoms with van der Waals surface area (Å²) in [5, 5.41) is 12.3. The number of carboxylic acid groups (broad SMARTS) is 1. The van der Waals surface area contributed by atoms with Gasteiger partial charge in [0.25, 0.3) is 0 Å². The van der Waals surface area contributed by atoms with Gasteiger partial charge in [-0.1, -0.05) is 24.1 Å². The molecule has 6 heteroatoms. The van der Waals surface area contributed by atoms with E-state index in [1.807, 2.05) is 36.4 Å². The molecule has 2 aromatic carbocycles. The fraction of sp³-hybridized carbons (Fsp3) is 0.185. The molecule has 1 N–H and O–H groups in total. The Morgan fingerprint density at radius 2 is 2.00 bits per heavy atom. The molecule has 0 amide bonds. The lowest BCUT2D eigenvalue weighted by Gasteiger charge is -2.11. The molecule has 5 nitrogen and oxygen atoms in total. The zero-order chi connectivity index (χ0) is 23.2. The third-order valence-electron chi connectivity index (χ3n) is 5.27. The van der Waals surface area contributed by atoms with Crippen molar-refractivity contribution in [2.75, 3.05) is 7.11 Å². The average molecular weight is 458 g/mol. The normalized spacial score (nSPS) is 11.5. The predicted molar refractivity (Wildman–Crippen MR) is 131 cm³/mol. The van der Waals surface area contributed by atoms with Crippen LogP contribution < -0.4 is 9.47 Å². The smallest absolute Gasteiger partial charge is 0.304 e. The first kappa shape index (κ1) is 22.4. The van der Waals surface area contributed by atoms with Gasteiger partial charge in [0.15, 0.2) is 0 Å². The van der Waals surface area contributed by atoms with Gasteiger partial charge in [-0.2, -0.15) is 0 Å². The van der Waals surface area contributed by atoms with Gasteiger partial charge in [-0.3, -0.25) is 9.78 Å². The Morgan fingerprint density at radius 1 is 1.18 bits per heavy atom. The molecule has 4 aromatic rings. The van der Waals surface area contributed by atoms with Gasteiger partial charge in [0, 0.05) is 27.2 Å². The number of aromatic nitrogens is 1. The number of fused-ring (bicyclic) bond motifs is 1. The molecule has 0 aliphatic heterocycles. The minimum Gasteiger partial charge on any atom is -0.494 e. The number of rotatable bonds is 8. The van der Waals surface area contributed by atoms with Crippen LogP contribution in [-0.2, 0) is 11.4 Å². The summed E-state index contributed by atoms with van der Waals surface area (Å²) in [6.45, 7) is 2.13. The molecular formula is C27H23NO4S. The van der Waals surface area contributed by atoms with E-state index >= 15 is 0 Å². The minimum atomic E-state index is -0.866. The maximum absolute atomic E-state index is 11.1. The zero-order valence-corrected chi connectivity index (χ0v) is 19.2. The van der Waals surface area contributed by atoms with Crippen molar-refractivity contribution in [2.45, 2.75) is 25.9 Å². The summed E-state index contributed by atoms with van der Waals surface area (Å²) in [6, 6.07) is 17.5. The summed E-state index contributed by atoms with van der Waals surface area (Å²) in [4.78, 5) is 15.6. The lowest BCUT2D eigenvalue weighted by molar-refractivity contribution is -0.137. The number of thiophene rings is 1. The summed E-state index contributed by atoms with van der Waals surface area (Å²) >= 11 is 1.67. The molecule has 2 aromatic heterocycles. The number of hydrogen-bond donors (Lipinski definition) is 1. The van der Waals surface area contributed by atoms with Crippen molar-refractivity contribution in [1.82, 2.24) is 4.98 Å². The Bertz CT molecular complexity index is 1330. The van der Waals surface area contributed by atoms with Gasteiger partial charge in [0.1, 0.15) is 23.8 Å². The highest BCUT2D eigenvalue weighted by molar-refractivity contribution is 7.17. The third-order valence-corrected chi connectivity index (χ3v) is 6.23. The minimum absolute atomic E-state index is 0.0227. The Kier molecular flexibility index (Phi) is 6.92. The highest BCUT2D eigenvalue weighted by atomic mass is 32.1. The topological polar surface area (TPSA) is 68.7 Å². The van der Waals surface area contributed by atoms with Crippen molar-refractivity contribution in [3.05, 3.63) is 77.3 Å². The lowest BCUT2D eigenvalue weighted by Crippen LogP contribution is -2.04. The van der Waals surface area contributed by atoms with E-state index in [0.29, 0.717) is 12.4 Å². The molecule has 0 spiro atoms. The first-order valence-electron chi connectivity index (χ1n) is 10.5. The Labute approximate surface area is 196 Å². The number of nitrogens with zero attached hydrogens (tertiary/aromatic N) is 1. The van der Waals surface area contributed by atoms with E-state index in [1.165, 1.54) is 4.70 Å². The van der Waals surface area contributed by atoms with E-state index in [1.54, 1.807) is 31.6 Å². The molecule has 0 aliphatic rings. The summed E-state index contributed by atoms with van der Waals surface area (Å²) in [7, 11) is 1.65. The van der Waals surface area contributed by atoms with Crippen molar-refractivity contribution in [3.63, 3.8) is 0 Å². The molecular weight excluding hydrogens is 434 g/mol. The van der Waals surface area contributed by atoms with Crippen molar-refractivity contribution in [3.8, 4) is 34.6 Å². The summed E-state index contributed by atoms with van der Waals surface area (Å²) in [6.07, 6.45) is 1.75. The van der Waals surface area contributed by atoms with E-state index < -0.39 is 5.97 Å². The van der Waals surface area contributed by atoms with Crippen molar-refractivity contribution in [2.24, 2.45) is 0 Å². The van der Waals surface area contributed by atoms with Gasteiger partial charge in [0.05, 0.1) is 19.4 Å². The second-order valence-corrected chi connectivity index (χ2v) is 8.35. The second kappa shape index (κ2) is 10.2. The fourth-order valence-corrected chi connectivity index (χ4v) is 4.60. The van der Waals surface area contributed by atoms with Crippen LogP contribution in [0, 0.1) is 11.8 Å². The SMILES string of the molecule is CC#CC(CC(=O)O)c1ccc(OCc2ccc3scc(-c4ncccc4OC)c3c2)cc1. The highest BCUT2D eigenvalue weighted by Crippen LogP contribution is 2.37. The predicted octanol–water partition coefficient (Wildman–Crippen LogP) is 6.13. The van der Waals surface area contributed by atoms with E-state index in [0.717, 1.165) is 33.5 Å². The molecule has 0 saturated heterocycles.